The molecule has 0 bridgehead atoms. The van der Waals surface area contributed by atoms with Crippen LogP contribution >= 0.6 is 0 Å². The number of carboxylic acids is 1. The first kappa shape index (κ1) is 11.7. The zero-order chi connectivity index (χ0) is 11.3. The third-order valence-electron chi connectivity index (χ3n) is 1.82. The average molecular weight is 228 g/mol. The molecule has 0 fully saturated rings. The van der Waals surface area contributed by atoms with Crippen molar-refractivity contribution in [3.8, 4) is 0 Å². The molecule has 0 radical (unpaired) electrons. The molecule has 5 nitrogen and oxygen atoms in total. The maximum absolute atomic E-state index is 10.4. The largest absolute Gasteiger partial charge is 0.755 e. The topological polar surface area (TPSA) is 89.5 Å². The van der Waals surface area contributed by atoms with Gasteiger partial charge in [0.25, 0.3) is 0 Å². The lowest BCUT2D eigenvalue weighted by Crippen LogP contribution is -2.06. The van der Waals surface area contributed by atoms with Crippen molar-refractivity contribution >= 4 is 22.9 Å². The molecule has 0 amide bonds. The van der Waals surface area contributed by atoms with Gasteiger partial charge in [-0.15, -0.1) is 0 Å². The zero-order valence-electron chi connectivity index (χ0n) is 7.80. The first-order valence-corrected chi connectivity index (χ1v) is 5.32. The molecule has 0 heterocycles. The van der Waals surface area contributed by atoms with Gasteiger partial charge in [-0.3, -0.25) is 9.00 Å². The Hall–Kier alpha value is -1.40. The van der Waals surface area contributed by atoms with Gasteiger partial charge in [-0.2, -0.15) is 0 Å². The van der Waals surface area contributed by atoms with Crippen LogP contribution in [0.3, 0.4) is 0 Å². The lowest BCUT2D eigenvalue weighted by Gasteiger charge is -2.12. The van der Waals surface area contributed by atoms with Crippen molar-refractivity contribution in [2.75, 3.05) is 4.72 Å². The quantitative estimate of drug-likeness (QED) is 0.733. The number of carboxylic acid groups (broad SMARTS) is 1. The lowest BCUT2D eigenvalue weighted by molar-refractivity contribution is -0.136. The van der Waals surface area contributed by atoms with E-state index in [2.05, 4.69) is 4.72 Å². The smallest absolute Gasteiger partial charge is 0.303 e. The van der Waals surface area contributed by atoms with Crippen LogP contribution in [0.5, 0.6) is 0 Å². The molecular formula is C9H10NO4S-. The van der Waals surface area contributed by atoms with Gasteiger partial charge in [-0.05, 0) is 18.1 Å². The van der Waals surface area contributed by atoms with E-state index in [1.165, 1.54) is 0 Å². The monoisotopic (exact) mass is 228 g/mol. The van der Waals surface area contributed by atoms with Gasteiger partial charge in [0.05, 0.1) is 0 Å². The summed E-state index contributed by atoms with van der Waals surface area (Å²) in [5, 5.41) is 8.51. The Bertz CT molecular complexity index is 380. The summed E-state index contributed by atoms with van der Waals surface area (Å²) in [5.74, 6) is -0.909. The fourth-order valence-electron chi connectivity index (χ4n) is 1.17. The van der Waals surface area contributed by atoms with Crippen LogP contribution in [-0.4, -0.2) is 19.8 Å². The molecule has 1 aromatic rings. The molecule has 1 unspecified atom stereocenters. The highest BCUT2D eigenvalue weighted by Gasteiger charge is 2.03. The number of benzene rings is 1. The van der Waals surface area contributed by atoms with E-state index in [9.17, 15) is 13.6 Å². The van der Waals surface area contributed by atoms with E-state index in [0.717, 1.165) is 0 Å². The second kappa shape index (κ2) is 5.47. The van der Waals surface area contributed by atoms with E-state index in [1.54, 1.807) is 24.3 Å². The predicted octanol–water partition coefficient (Wildman–Crippen LogP) is 0.910. The molecule has 6 heteroatoms. The summed E-state index contributed by atoms with van der Waals surface area (Å²) < 4.78 is 23.1. The Morgan fingerprint density at radius 1 is 1.47 bits per heavy atom. The van der Waals surface area contributed by atoms with Crippen LogP contribution < -0.4 is 4.72 Å². The van der Waals surface area contributed by atoms with Gasteiger partial charge in [0.1, 0.15) is 0 Å². The Morgan fingerprint density at radius 2 is 2.13 bits per heavy atom. The van der Waals surface area contributed by atoms with E-state index in [1.807, 2.05) is 0 Å². The summed E-state index contributed by atoms with van der Waals surface area (Å²) in [6.07, 6.45) is 0.278. The Labute approximate surface area is 89.5 Å². The van der Waals surface area contributed by atoms with Gasteiger partial charge in [0.2, 0.25) is 0 Å². The number of hydrogen-bond acceptors (Lipinski definition) is 3. The highest BCUT2D eigenvalue weighted by atomic mass is 32.2. The van der Waals surface area contributed by atoms with Gasteiger partial charge < -0.3 is 14.4 Å². The summed E-state index contributed by atoms with van der Waals surface area (Å²) in [4.78, 5) is 10.4. The summed E-state index contributed by atoms with van der Waals surface area (Å²) >= 11 is -2.39. The Balaban J connectivity index is 2.76. The maximum Gasteiger partial charge on any atom is 0.303 e. The molecule has 82 valence electrons. The minimum Gasteiger partial charge on any atom is -0.755 e. The number of carbonyl (C=O) groups is 1. The maximum atomic E-state index is 10.4. The predicted molar refractivity (Wildman–Crippen MR) is 54.9 cm³/mol. The third-order valence-corrected chi connectivity index (χ3v) is 2.21. The van der Waals surface area contributed by atoms with Crippen LogP contribution in [-0.2, 0) is 22.5 Å². The molecule has 15 heavy (non-hydrogen) atoms. The fourth-order valence-corrected chi connectivity index (χ4v) is 1.55. The standard InChI is InChI=1S/C9H11NO4S/c11-9(12)6-5-7-3-1-2-4-8(7)10-15(13)14/h1-4,10H,5-6H2,(H,11,12)(H,13,14)/p-1. The number of nitrogens with one attached hydrogen (secondary N) is 1. The first-order chi connectivity index (χ1) is 7.09. The zero-order valence-corrected chi connectivity index (χ0v) is 8.62. The molecule has 0 spiro atoms. The highest BCUT2D eigenvalue weighted by Crippen LogP contribution is 2.16. The summed E-state index contributed by atoms with van der Waals surface area (Å²) in [5.41, 5.74) is 1.09. The van der Waals surface area contributed by atoms with Crippen molar-refractivity contribution in [2.45, 2.75) is 12.8 Å². The second-order valence-corrected chi connectivity index (χ2v) is 3.56. The van der Waals surface area contributed by atoms with Crippen LogP contribution in [0.2, 0.25) is 0 Å². The van der Waals surface area contributed by atoms with Crippen molar-refractivity contribution in [1.29, 1.82) is 0 Å². The first-order valence-electron chi connectivity index (χ1n) is 4.25. The summed E-state index contributed by atoms with van der Waals surface area (Å²) in [6.45, 7) is 0. The van der Waals surface area contributed by atoms with Gasteiger partial charge in [0, 0.05) is 23.4 Å². The molecule has 1 aromatic carbocycles. The van der Waals surface area contributed by atoms with Crippen molar-refractivity contribution in [3.63, 3.8) is 0 Å². The molecule has 0 saturated heterocycles. The minimum absolute atomic E-state index is 0.0236. The van der Waals surface area contributed by atoms with Gasteiger partial charge in [-0.25, -0.2) is 0 Å². The number of hydrogen-bond donors (Lipinski definition) is 2. The summed E-state index contributed by atoms with van der Waals surface area (Å²) in [7, 11) is 0. The van der Waals surface area contributed by atoms with E-state index in [0.29, 0.717) is 17.7 Å². The average Bonchev–Trinajstić information content (AvgIpc) is 2.15. The number of para-hydroxylation sites is 1. The normalized spacial score (nSPS) is 12.1. The van der Waals surface area contributed by atoms with Gasteiger partial charge >= 0.3 is 5.97 Å². The third kappa shape index (κ3) is 4.09. The molecular weight excluding hydrogens is 218 g/mol. The van der Waals surface area contributed by atoms with Crippen molar-refractivity contribution in [2.24, 2.45) is 0 Å². The second-order valence-electron chi connectivity index (χ2n) is 2.89. The van der Waals surface area contributed by atoms with Crippen molar-refractivity contribution in [1.82, 2.24) is 0 Å². The van der Waals surface area contributed by atoms with Crippen LogP contribution in [0.4, 0.5) is 5.69 Å². The Morgan fingerprint density at radius 3 is 2.73 bits per heavy atom. The van der Waals surface area contributed by atoms with E-state index in [4.69, 9.17) is 5.11 Å². The summed E-state index contributed by atoms with van der Waals surface area (Å²) in [6, 6.07) is 6.70. The number of anilines is 1. The lowest BCUT2D eigenvalue weighted by atomic mass is 10.1. The van der Waals surface area contributed by atoms with Crippen molar-refractivity contribution in [3.05, 3.63) is 29.8 Å². The van der Waals surface area contributed by atoms with Gasteiger partial charge in [0.15, 0.2) is 0 Å². The van der Waals surface area contributed by atoms with Crippen molar-refractivity contribution < 1.29 is 18.7 Å². The molecule has 1 atom stereocenters. The molecule has 0 aliphatic carbocycles. The number of aliphatic carboxylic acids is 1. The molecule has 0 aliphatic heterocycles. The molecule has 0 aromatic heterocycles. The highest BCUT2D eigenvalue weighted by molar-refractivity contribution is 7.80. The SMILES string of the molecule is O=C(O)CCc1ccccc1NS(=O)[O-]. The molecule has 2 N–H and O–H groups in total. The van der Waals surface area contributed by atoms with Crippen LogP contribution in [0.1, 0.15) is 12.0 Å². The van der Waals surface area contributed by atoms with E-state index < -0.39 is 17.2 Å². The van der Waals surface area contributed by atoms with Crippen LogP contribution in [0, 0.1) is 0 Å². The van der Waals surface area contributed by atoms with E-state index in [-0.39, 0.29) is 6.42 Å². The fraction of sp³-hybridized carbons (Fsp3) is 0.222. The molecule has 1 rings (SSSR count). The van der Waals surface area contributed by atoms with Crippen LogP contribution in [0.15, 0.2) is 24.3 Å². The number of rotatable bonds is 5. The molecule has 0 saturated carbocycles. The molecule has 0 aliphatic rings. The number of aryl methyl sites for hydroxylation is 1. The van der Waals surface area contributed by atoms with E-state index >= 15 is 0 Å². The Kier molecular flexibility index (Phi) is 4.26. The van der Waals surface area contributed by atoms with Crippen LogP contribution in [0.25, 0.3) is 0 Å². The van der Waals surface area contributed by atoms with Gasteiger partial charge in [-0.1, -0.05) is 18.2 Å². The minimum atomic E-state index is -2.39.